The third-order valence-electron chi connectivity index (χ3n) is 4.78. The van der Waals surface area contributed by atoms with Crippen LogP contribution in [0.1, 0.15) is 12.0 Å². The van der Waals surface area contributed by atoms with Crippen LogP contribution in [0.25, 0.3) is 16.6 Å². The summed E-state index contributed by atoms with van der Waals surface area (Å²) in [7, 11) is 0. The monoisotopic (exact) mass is 337 g/mol. The van der Waals surface area contributed by atoms with Crippen molar-refractivity contribution in [3.63, 3.8) is 0 Å². The molecule has 1 aliphatic rings. The Balaban J connectivity index is 1.75. The van der Waals surface area contributed by atoms with Gasteiger partial charge in [0.2, 0.25) is 5.91 Å². The van der Waals surface area contributed by atoms with Gasteiger partial charge in [-0.2, -0.15) is 0 Å². The molecule has 3 aromatic rings. The Morgan fingerprint density at radius 2 is 1.92 bits per heavy atom. The molecule has 1 aromatic heterocycles. The number of nitrogens with one attached hydrogen (secondary N) is 1. The first-order chi connectivity index (χ1) is 12.1. The smallest absolute Gasteiger partial charge is 0.221 e. The summed E-state index contributed by atoms with van der Waals surface area (Å²) >= 11 is 0. The van der Waals surface area contributed by atoms with Gasteiger partial charge in [0.1, 0.15) is 5.82 Å². The number of anilines is 1. The number of hydrogen-bond donors (Lipinski definition) is 1. The maximum Gasteiger partial charge on any atom is 0.221 e. The van der Waals surface area contributed by atoms with Crippen molar-refractivity contribution in [3.8, 4) is 5.69 Å². The topological polar surface area (TPSA) is 37.3 Å². The molecule has 1 saturated heterocycles. The molecule has 0 unspecified atom stereocenters. The lowest BCUT2D eigenvalue weighted by Gasteiger charge is -2.22. The maximum absolute atomic E-state index is 14.1. The van der Waals surface area contributed by atoms with Crippen LogP contribution in [0.4, 0.5) is 10.1 Å². The largest absolute Gasteiger partial charge is 0.369 e. The maximum atomic E-state index is 14.1. The molecule has 0 bridgehead atoms. The first-order valence-corrected chi connectivity index (χ1v) is 8.52. The van der Waals surface area contributed by atoms with Crippen LogP contribution in [0.3, 0.4) is 0 Å². The first kappa shape index (κ1) is 15.7. The van der Waals surface area contributed by atoms with Crippen molar-refractivity contribution in [2.24, 2.45) is 0 Å². The fraction of sp³-hybridized carbons (Fsp3) is 0.250. The molecule has 25 heavy (non-hydrogen) atoms. The summed E-state index contributed by atoms with van der Waals surface area (Å²) in [5, 5.41) is 3.53. The summed E-state index contributed by atoms with van der Waals surface area (Å²) in [6.07, 6.45) is 2.41. The molecular formula is C20H20FN3O. The van der Waals surface area contributed by atoms with Gasteiger partial charge in [0.15, 0.2) is 0 Å². The highest BCUT2D eigenvalue weighted by atomic mass is 19.1. The Labute approximate surface area is 145 Å². The summed E-state index contributed by atoms with van der Waals surface area (Å²) in [4.78, 5) is 13.8. The number of amides is 1. The molecule has 0 spiro atoms. The Kier molecular flexibility index (Phi) is 3.92. The minimum atomic E-state index is -0.201. The van der Waals surface area contributed by atoms with Crippen molar-refractivity contribution in [1.82, 2.24) is 9.88 Å². The van der Waals surface area contributed by atoms with Crippen molar-refractivity contribution >= 4 is 22.5 Å². The van der Waals surface area contributed by atoms with Crippen molar-refractivity contribution in [2.45, 2.75) is 13.3 Å². The number of carbonyl (C=O) groups is 1. The zero-order valence-corrected chi connectivity index (χ0v) is 14.1. The molecule has 0 saturated carbocycles. The molecule has 0 aliphatic carbocycles. The minimum absolute atomic E-state index is 0.0983. The lowest BCUT2D eigenvalue weighted by atomic mass is 10.1. The standard InChI is InChI=1S/C20H20FN3O/c1-14-5-6-18(21)17-7-11-24(20(14)17)16-4-2-3-15(13-16)23-10-8-19(25)22-9-12-23/h2-7,11,13H,8-10,12H2,1H3,(H,22,25). The van der Waals surface area contributed by atoms with Crippen LogP contribution in [0.2, 0.25) is 0 Å². The Morgan fingerprint density at radius 3 is 2.80 bits per heavy atom. The molecule has 4 nitrogen and oxygen atoms in total. The predicted molar refractivity (Wildman–Crippen MR) is 97.8 cm³/mol. The average molecular weight is 337 g/mol. The van der Waals surface area contributed by atoms with E-state index < -0.39 is 0 Å². The lowest BCUT2D eigenvalue weighted by molar-refractivity contribution is -0.120. The third-order valence-corrected chi connectivity index (χ3v) is 4.78. The summed E-state index contributed by atoms with van der Waals surface area (Å²) < 4.78 is 16.1. The van der Waals surface area contributed by atoms with E-state index >= 15 is 0 Å². The zero-order valence-electron chi connectivity index (χ0n) is 14.1. The van der Waals surface area contributed by atoms with E-state index in [1.54, 1.807) is 0 Å². The van der Waals surface area contributed by atoms with Gasteiger partial charge >= 0.3 is 0 Å². The number of aryl methyl sites for hydroxylation is 1. The molecule has 1 fully saturated rings. The van der Waals surface area contributed by atoms with E-state index in [4.69, 9.17) is 0 Å². The molecule has 1 aliphatic heterocycles. The number of rotatable bonds is 2. The number of fused-ring (bicyclic) bond motifs is 1. The van der Waals surface area contributed by atoms with E-state index in [0.29, 0.717) is 24.9 Å². The van der Waals surface area contributed by atoms with Gasteiger partial charge in [0, 0.05) is 49.0 Å². The fourth-order valence-electron chi connectivity index (χ4n) is 3.47. The van der Waals surface area contributed by atoms with Crippen molar-refractivity contribution in [3.05, 3.63) is 60.0 Å². The average Bonchev–Trinajstić information content (AvgIpc) is 2.97. The second-order valence-corrected chi connectivity index (χ2v) is 6.42. The van der Waals surface area contributed by atoms with E-state index in [9.17, 15) is 9.18 Å². The number of hydrogen-bond acceptors (Lipinski definition) is 2. The van der Waals surface area contributed by atoms with Crippen LogP contribution in [0, 0.1) is 12.7 Å². The summed E-state index contributed by atoms with van der Waals surface area (Å²) in [6, 6.07) is 13.3. The van der Waals surface area contributed by atoms with Crippen molar-refractivity contribution in [1.29, 1.82) is 0 Å². The van der Waals surface area contributed by atoms with Gasteiger partial charge in [-0.3, -0.25) is 4.79 Å². The number of carbonyl (C=O) groups excluding carboxylic acids is 1. The predicted octanol–water partition coefficient (Wildman–Crippen LogP) is 3.40. The van der Waals surface area contributed by atoms with Gasteiger partial charge in [-0.1, -0.05) is 12.1 Å². The van der Waals surface area contributed by atoms with Gasteiger partial charge in [-0.05, 0) is 42.8 Å². The molecule has 0 atom stereocenters. The fourth-order valence-corrected chi connectivity index (χ4v) is 3.47. The first-order valence-electron chi connectivity index (χ1n) is 8.52. The molecule has 4 rings (SSSR count). The highest BCUT2D eigenvalue weighted by Crippen LogP contribution is 2.28. The molecule has 1 amide bonds. The van der Waals surface area contributed by atoms with Crippen LogP contribution in [-0.4, -0.2) is 30.1 Å². The minimum Gasteiger partial charge on any atom is -0.369 e. The van der Waals surface area contributed by atoms with Crippen LogP contribution in [-0.2, 0) is 4.79 Å². The lowest BCUT2D eigenvalue weighted by Crippen LogP contribution is -2.28. The van der Waals surface area contributed by atoms with E-state index in [1.165, 1.54) is 6.07 Å². The van der Waals surface area contributed by atoms with Crippen molar-refractivity contribution in [2.75, 3.05) is 24.5 Å². The number of aromatic nitrogens is 1. The number of halogens is 1. The van der Waals surface area contributed by atoms with Gasteiger partial charge in [-0.15, -0.1) is 0 Å². The van der Waals surface area contributed by atoms with Crippen LogP contribution < -0.4 is 10.2 Å². The summed E-state index contributed by atoms with van der Waals surface area (Å²) in [6.45, 7) is 4.14. The van der Waals surface area contributed by atoms with Crippen LogP contribution >= 0.6 is 0 Å². The highest BCUT2D eigenvalue weighted by Gasteiger charge is 2.15. The molecular weight excluding hydrogens is 317 g/mol. The second-order valence-electron chi connectivity index (χ2n) is 6.42. The Bertz CT molecular complexity index is 947. The van der Waals surface area contributed by atoms with E-state index in [2.05, 4.69) is 22.3 Å². The SMILES string of the molecule is Cc1ccc(F)c2ccn(-c3cccc(N4CCNC(=O)CC4)c3)c12. The normalized spacial score (nSPS) is 15.3. The third kappa shape index (κ3) is 2.86. The molecule has 128 valence electrons. The van der Waals surface area contributed by atoms with Crippen molar-refractivity contribution < 1.29 is 9.18 Å². The van der Waals surface area contributed by atoms with E-state index in [1.807, 2.05) is 42.0 Å². The highest BCUT2D eigenvalue weighted by molar-refractivity contribution is 5.85. The molecule has 2 aromatic carbocycles. The van der Waals surface area contributed by atoms with Gasteiger partial charge in [0.05, 0.1) is 5.52 Å². The van der Waals surface area contributed by atoms with E-state index in [-0.39, 0.29) is 11.7 Å². The summed E-state index contributed by atoms with van der Waals surface area (Å²) in [5.41, 5.74) is 4.00. The summed E-state index contributed by atoms with van der Waals surface area (Å²) in [5.74, 6) is -0.103. The quantitative estimate of drug-likeness (QED) is 0.778. The van der Waals surface area contributed by atoms with Gasteiger partial charge in [-0.25, -0.2) is 4.39 Å². The molecule has 2 heterocycles. The zero-order chi connectivity index (χ0) is 17.4. The number of nitrogens with zero attached hydrogens (tertiary/aromatic N) is 2. The molecule has 1 N–H and O–H groups in total. The van der Waals surface area contributed by atoms with Gasteiger partial charge in [0.25, 0.3) is 0 Å². The second kappa shape index (κ2) is 6.24. The van der Waals surface area contributed by atoms with Crippen LogP contribution in [0.5, 0.6) is 0 Å². The molecule has 5 heteroatoms. The van der Waals surface area contributed by atoms with Gasteiger partial charge < -0.3 is 14.8 Å². The van der Waals surface area contributed by atoms with Crippen LogP contribution in [0.15, 0.2) is 48.7 Å². The Morgan fingerprint density at radius 1 is 1.08 bits per heavy atom. The van der Waals surface area contributed by atoms with E-state index in [0.717, 1.165) is 29.0 Å². The Hall–Kier alpha value is -2.82. The molecule has 0 radical (unpaired) electrons. The number of benzene rings is 2.